The summed E-state index contributed by atoms with van der Waals surface area (Å²) in [5.41, 5.74) is 0. The third-order valence-electron chi connectivity index (χ3n) is 4.09. The van der Waals surface area contributed by atoms with E-state index < -0.39 is 0 Å². The zero-order valence-corrected chi connectivity index (χ0v) is 16.8. The first-order valence-corrected chi connectivity index (χ1v) is 9.07. The third-order valence-corrected chi connectivity index (χ3v) is 4.09. The smallest absolute Gasteiger partial charge is 0.119 e. The molecule has 0 aliphatic carbocycles. The number of hydrogen-bond donors (Lipinski definition) is 1. The first-order chi connectivity index (χ1) is 11.0. The van der Waals surface area contributed by atoms with Crippen LogP contribution in [-0.4, -0.2) is 39.5 Å². The standard InChI is InChI=1S/C20H35NO2.ClH/c1-17(2)15-19(16-18(3)4)21(5)11-12-22-13-14-23-20-9-7-6-8-10-20;/h6-10,17-19H,11-16H2,1-5H3;1H. The molecule has 0 saturated heterocycles. The monoisotopic (exact) mass is 357 g/mol. The molecule has 1 atom stereocenters. The lowest BCUT2D eigenvalue weighted by atomic mass is 9.94. The number of quaternary nitrogens is 1. The van der Waals surface area contributed by atoms with Crippen molar-refractivity contribution in [2.24, 2.45) is 11.8 Å². The van der Waals surface area contributed by atoms with Crippen LogP contribution in [0.25, 0.3) is 0 Å². The topological polar surface area (TPSA) is 22.9 Å². The van der Waals surface area contributed by atoms with Crippen LogP contribution < -0.4 is 22.0 Å². The highest BCUT2D eigenvalue weighted by atomic mass is 35.5. The van der Waals surface area contributed by atoms with Crippen LogP contribution in [0.1, 0.15) is 40.5 Å². The summed E-state index contributed by atoms with van der Waals surface area (Å²) in [6.07, 6.45) is 2.59. The van der Waals surface area contributed by atoms with E-state index in [1.54, 1.807) is 4.90 Å². The largest absolute Gasteiger partial charge is 1.00 e. The normalized spacial score (nSPS) is 12.5. The van der Waals surface area contributed by atoms with Crippen LogP contribution in [0.5, 0.6) is 5.75 Å². The van der Waals surface area contributed by atoms with Crippen LogP contribution in [0.4, 0.5) is 0 Å². The average molecular weight is 358 g/mol. The first-order valence-electron chi connectivity index (χ1n) is 9.07. The van der Waals surface area contributed by atoms with Gasteiger partial charge in [-0.3, -0.25) is 0 Å². The number of hydrogen-bond acceptors (Lipinski definition) is 2. The van der Waals surface area contributed by atoms with Gasteiger partial charge in [-0.1, -0.05) is 45.9 Å². The lowest BCUT2D eigenvalue weighted by molar-refractivity contribution is -0.908. The summed E-state index contributed by atoms with van der Waals surface area (Å²) >= 11 is 0. The first kappa shape index (κ1) is 23.2. The molecule has 0 amide bonds. The van der Waals surface area contributed by atoms with Gasteiger partial charge < -0.3 is 26.8 Å². The molecular formula is C20H36ClNO2. The summed E-state index contributed by atoms with van der Waals surface area (Å²) in [6.45, 7) is 12.4. The molecule has 0 aromatic heterocycles. The highest BCUT2D eigenvalue weighted by molar-refractivity contribution is 5.20. The predicted octanol–water partition coefficient (Wildman–Crippen LogP) is 0.0615. The molecule has 3 nitrogen and oxygen atoms in total. The Morgan fingerprint density at radius 2 is 1.46 bits per heavy atom. The fourth-order valence-corrected chi connectivity index (χ4v) is 2.91. The Kier molecular flexibility index (Phi) is 13.1. The van der Waals surface area contributed by atoms with E-state index in [9.17, 15) is 0 Å². The quantitative estimate of drug-likeness (QED) is 0.535. The fourth-order valence-electron chi connectivity index (χ4n) is 2.91. The van der Waals surface area contributed by atoms with Gasteiger partial charge in [0, 0.05) is 12.8 Å². The van der Waals surface area contributed by atoms with Gasteiger partial charge >= 0.3 is 0 Å². The fraction of sp³-hybridized carbons (Fsp3) is 0.700. The van der Waals surface area contributed by atoms with E-state index in [1.165, 1.54) is 12.8 Å². The summed E-state index contributed by atoms with van der Waals surface area (Å²) in [4.78, 5) is 1.59. The van der Waals surface area contributed by atoms with Crippen molar-refractivity contribution in [3.63, 3.8) is 0 Å². The molecule has 1 rings (SSSR count). The third kappa shape index (κ3) is 10.9. The van der Waals surface area contributed by atoms with Crippen molar-refractivity contribution < 1.29 is 26.8 Å². The molecule has 140 valence electrons. The SMILES string of the molecule is CC(C)CC(CC(C)C)[NH+](C)CCOCCOc1ccccc1.[Cl-]. The number of para-hydroxylation sites is 1. The van der Waals surface area contributed by atoms with Crippen LogP contribution in [0.2, 0.25) is 0 Å². The average Bonchev–Trinajstić information content (AvgIpc) is 2.50. The molecule has 4 heteroatoms. The van der Waals surface area contributed by atoms with Crippen LogP contribution in [0.3, 0.4) is 0 Å². The van der Waals surface area contributed by atoms with Gasteiger partial charge in [-0.2, -0.15) is 0 Å². The molecule has 0 heterocycles. The Morgan fingerprint density at radius 1 is 0.875 bits per heavy atom. The van der Waals surface area contributed by atoms with Crippen molar-refractivity contribution in [3.8, 4) is 5.75 Å². The summed E-state index contributed by atoms with van der Waals surface area (Å²) in [6, 6.07) is 10.6. The molecule has 1 N–H and O–H groups in total. The van der Waals surface area contributed by atoms with Gasteiger partial charge in [0.25, 0.3) is 0 Å². The van der Waals surface area contributed by atoms with Crippen molar-refractivity contribution in [2.75, 3.05) is 33.4 Å². The second kappa shape index (κ2) is 13.5. The van der Waals surface area contributed by atoms with Crippen molar-refractivity contribution in [1.82, 2.24) is 0 Å². The number of rotatable bonds is 12. The second-order valence-electron chi connectivity index (χ2n) is 7.33. The highest BCUT2D eigenvalue weighted by Gasteiger charge is 2.20. The number of likely N-dealkylation sites (N-methyl/N-ethyl adjacent to an activating group) is 1. The van der Waals surface area contributed by atoms with Gasteiger partial charge in [-0.25, -0.2) is 0 Å². The van der Waals surface area contributed by atoms with Crippen LogP contribution in [0, 0.1) is 11.8 Å². The lowest BCUT2D eigenvalue weighted by Crippen LogP contribution is -3.13. The van der Waals surface area contributed by atoms with Crippen LogP contribution in [0.15, 0.2) is 30.3 Å². The summed E-state index contributed by atoms with van der Waals surface area (Å²) in [7, 11) is 2.30. The van der Waals surface area contributed by atoms with Crippen molar-refractivity contribution in [1.29, 1.82) is 0 Å². The molecule has 0 radical (unpaired) electrons. The maximum Gasteiger partial charge on any atom is 0.119 e. The molecule has 1 aromatic carbocycles. The summed E-state index contributed by atoms with van der Waals surface area (Å²) in [5.74, 6) is 2.43. The van der Waals surface area contributed by atoms with Crippen LogP contribution >= 0.6 is 0 Å². The van der Waals surface area contributed by atoms with Gasteiger partial charge in [-0.05, 0) is 24.0 Å². The van der Waals surface area contributed by atoms with Gasteiger partial charge in [0.05, 0.1) is 26.3 Å². The molecule has 0 aliphatic rings. The Balaban J connectivity index is 0.00000529. The van der Waals surface area contributed by atoms with Crippen molar-refractivity contribution in [2.45, 2.75) is 46.6 Å². The minimum absolute atomic E-state index is 0. The Morgan fingerprint density at radius 3 is 2.00 bits per heavy atom. The van der Waals surface area contributed by atoms with E-state index in [0.717, 1.165) is 36.8 Å². The van der Waals surface area contributed by atoms with E-state index in [-0.39, 0.29) is 12.4 Å². The Bertz CT molecular complexity index is 388. The van der Waals surface area contributed by atoms with E-state index in [4.69, 9.17) is 9.47 Å². The molecule has 0 spiro atoms. The van der Waals surface area contributed by atoms with Gasteiger partial charge in [0.2, 0.25) is 0 Å². The van der Waals surface area contributed by atoms with Gasteiger partial charge in [-0.15, -0.1) is 0 Å². The second-order valence-corrected chi connectivity index (χ2v) is 7.33. The molecule has 0 saturated carbocycles. The molecule has 0 aliphatic heterocycles. The summed E-state index contributed by atoms with van der Waals surface area (Å²) < 4.78 is 11.4. The Labute approximate surface area is 155 Å². The zero-order chi connectivity index (χ0) is 17.1. The number of ether oxygens (including phenoxy) is 2. The predicted molar refractivity (Wildman–Crippen MR) is 97.2 cm³/mol. The number of benzene rings is 1. The van der Waals surface area contributed by atoms with Gasteiger partial charge in [0.1, 0.15) is 18.9 Å². The lowest BCUT2D eigenvalue weighted by Gasteiger charge is -2.28. The maximum atomic E-state index is 5.74. The highest BCUT2D eigenvalue weighted by Crippen LogP contribution is 2.11. The summed E-state index contributed by atoms with van der Waals surface area (Å²) in [5, 5.41) is 0. The molecule has 0 fully saturated rings. The number of halogens is 1. The zero-order valence-electron chi connectivity index (χ0n) is 16.1. The van der Waals surface area contributed by atoms with Crippen molar-refractivity contribution in [3.05, 3.63) is 30.3 Å². The minimum atomic E-state index is 0. The minimum Gasteiger partial charge on any atom is -1.00 e. The van der Waals surface area contributed by atoms with E-state index in [2.05, 4.69) is 34.7 Å². The Hall–Kier alpha value is -0.770. The number of nitrogens with one attached hydrogen (secondary N) is 1. The van der Waals surface area contributed by atoms with E-state index in [0.29, 0.717) is 13.2 Å². The molecule has 24 heavy (non-hydrogen) atoms. The maximum absolute atomic E-state index is 5.74. The van der Waals surface area contributed by atoms with E-state index >= 15 is 0 Å². The molecule has 0 bridgehead atoms. The van der Waals surface area contributed by atoms with E-state index in [1.807, 2.05) is 30.3 Å². The van der Waals surface area contributed by atoms with Crippen LogP contribution in [-0.2, 0) is 4.74 Å². The van der Waals surface area contributed by atoms with Gasteiger partial charge in [0.15, 0.2) is 0 Å². The molecular weight excluding hydrogens is 322 g/mol. The molecule has 1 unspecified atom stereocenters. The van der Waals surface area contributed by atoms with Crippen molar-refractivity contribution >= 4 is 0 Å². The molecule has 1 aromatic rings.